The molecule has 3 aromatic heterocycles. The predicted octanol–water partition coefficient (Wildman–Crippen LogP) is 1.40. The van der Waals surface area contributed by atoms with E-state index in [0.717, 1.165) is 6.26 Å². The van der Waals surface area contributed by atoms with Crippen LogP contribution in [0.1, 0.15) is 34.8 Å². The number of amides is 1. The molecule has 5 aromatic rings. The largest absolute Gasteiger partial charge is 0.382 e. The van der Waals surface area contributed by atoms with Gasteiger partial charge >= 0.3 is 0 Å². The quantitative estimate of drug-likeness (QED) is 0.264. The Morgan fingerprint density at radius 2 is 1.85 bits per heavy atom. The number of imidazole rings is 1. The van der Waals surface area contributed by atoms with Crippen molar-refractivity contribution < 1.29 is 13.2 Å². The number of sulfonamides is 1. The fraction of sp³-hybridized carbons (Fsp3) is 0.148. The average molecular weight is 557 g/mol. The number of nitrogens with one attached hydrogen (secondary N) is 2. The van der Waals surface area contributed by atoms with Gasteiger partial charge in [0.05, 0.1) is 35.4 Å². The molecule has 3 heterocycles. The average Bonchev–Trinajstić information content (AvgIpc) is 3.26. The van der Waals surface area contributed by atoms with Crippen LogP contribution < -0.4 is 21.3 Å². The van der Waals surface area contributed by atoms with Crippen LogP contribution in [0.25, 0.3) is 22.2 Å². The minimum absolute atomic E-state index is 0.0175. The minimum atomic E-state index is -3.41. The maximum absolute atomic E-state index is 14.0. The number of para-hydroxylation sites is 1. The summed E-state index contributed by atoms with van der Waals surface area (Å²) in [5.41, 5.74) is 7.41. The fourth-order valence-electron chi connectivity index (χ4n) is 4.22. The Labute approximate surface area is 228 Å². The molecular weight excluding hydrogens is 532 g/mol. The number of anilines is 1. The van der Waals surface area contributed by atoms with Crippen LogP contribution in [0.4, 0.5) is 5.82 Å². The Balaban J connectivity index is 1.60. The van der Waals surface area contributed by atoms with Crippen molar-refractivity contribution in [3.8, 4) is 17.5 Å². The summed E-state index contributed by atoms with van der Waals surface area (Å²) >= 11 is 0. The van der Waals surface area contributed by atoms with Crippen LogP contribution in [0.15, 0.2) is 71.7 Å². The van der Waals surface area contributed by atoms with Gasteiger partial charge in [-0.1, -0.05) is 36.1 Å². The number of nitrogen functional groups attached to an aromatic ring is 1. The van der Waals surface area contributed by atoms with Crippen LogP contribution in [0, 0.1) is 11.8 Å². The highest BCUT2D eigenvalue weighted by Crippen LogP contribution is 2.21. The number of carbonyl (C=O) groups is 1. The SMILES string of the molecule is C[C@H](NC(=O)c1c(N)nc2cccnn12)c1nc2cccc(C#CCNS(C)(=O)=O)c2c(=O)n1-c1ccccc1. The molecule has 202 valence electrons. The first kappa shape index (κ1) is 26.5. The molecule has 1 atom stereocenters. The smallest absolute Gasteiger partial charge is 0.274 e. The second kappa shape index (κ2) is 10.6. The van der Waals surface area contributed by atoms with Crippen molar-refractivity contribution in [3.63, 3.8) is 0 Å². The second-order valence-electron chi connectivity index (χ2n) is 8.88. The molecule has 0 aliphatic heterocycles. The van der Waals surface area contributed by atoms with Gasteiger partial charge in [0, 0.05) is 11.8 Å². The molecule has 40 heavy (non-hydrogen) atoms. The number of hydrogen-bond acceptors (Lipinski definition) is 8. The van der Waals surface area contributed by atoms with Crippen molar-refractivity contribution in [3.05, 3.63) is 94.3 Å². The molecule has 0 spiro atoms. The molecule has 2 aromatic carbocycles. The van der Waals surface area contributed by atoms with E-state index in [1.807, 2.05) is 6.07 Å². The molecule has 0 unspecified atom stereocenters. The third-order valence-electron chi connectivity index (χ3n) is 5.95. The lowest BCUT2D eigenvalue weighted by Crippen LogP contribution is -2.34. The first-order valence-electron chi connectivity index (χ1n) is 12.1. The van der Waals surface area contributed by atoms with Crippen molar-refractivity contribution in [1.29, 1.82) is 0 Å². The van der Waals surface area contributed by atoms with E-state index in [2.05, 4.69) is 32.0 Å². The normalized spacial score (nSPS) is 12.2. The maximum Gasteiger partial charge on any atom is 0.274 e. The number of fused-ring (bicyclic) bond motifs is 2. The number of aromatic nitrogens is 5. The lowest BCUT2D eigenvalue weighted by atomic mass is 10.1. The van der Waals surface area contributed by atoms with E-state index in [9.17, 15) is 18.0 Å². The summed E-state index contributed by atoms with van der Waals surface area (Å²) < 4.78 is 27.8. The highest BCUT2D eigenvalue weighted by molar-refractivity contribution is 7.88. The minimum Gasteiger partial charge on any atom is -0.382 e. The van der Waals surface area contributed by atoms with Gasteiger partial charge in [0.25, 0.3) is 11.5 Å². The lowest BCUT2D eigenvalue weighted by molar-refractivity contribution is 0.0931. The Kier molecular flexibility index (Phi) is 7.03. The molecule has 13 heteroatoms. The van der Waals surface area contributed by atoms with E-state index in [0.29, 0.717) is 22.4 Å². The first-order chi connectivity index (χ1) is 19.1. The summed E-state index contributed by atoms with van der Waals surface area (Å²) in [6.45, 7) is 1.59. The molecule has 12 nitrogen and oxygen atoms in total. The molecule has 1 amide bonds. The maximum atomic E-state index is 14.0. The van der Waals surface area contributed by atoms with Gasteiger partial charge < -0.3 is 11.1 Å². The second-order valence-corrected chi connectivity index (χ2v) is 10.7. The summed E-state index contributed by atoms with van der Waals surface area (Å²) in [6, 6.07) is 16.6. The molecule has 0 fully saturated rings. The van der Waals surface area contributed by atoms with Crippen molar-refractivity contribution >= 4 is 38.3 Å². The lowest BCUT2D eigenvalue weighted by Gasteiger charge is -2.20. The third kappa shape index (κ3) is 5.26. The molecule has 0 saturated carbocycles. The van der Waals surface area contributed by atoms with Crippen molar-refractivity contribution in [1.82, 2.24) is 34.2 Å². The summed E-state index contributed by atoms with van der Waals surface area (Å²) in [5.74, 6) is 5.37. The zero-order valence-corrected chi connectivity index (χ0v) is 22.3. The Bertz CT molecular complexity index is 1990. The van der Waals surface area contributed by atoms with Gasteiger partial charge in [-0.3, -0.25) is 14.2 Å². The summed E-state index contributed by atoms with van der Waals surface area (Å²) in [7, 11) is -3.41. The standard InChI is InChI=1S/C27H24N8O4S/c1-17(31-26(36)23-24(28)33-21-14-8-15-29-35(21)23)25-32-20-13-6-9-18(10-7-16-30-40(2,38)39)22(20)27(37)34(25)19-11-4-3-5-12-19/h3-6,8-9,11-15,17,30H,16,28H2,1-2H3,(H,31,36)/t17-/m0/s1. The number of hydrogen-bond donors (Lipinski definition) is 3. The van der Waals surface area contributed by atoms with Gasteiger partial charge in [0.1, 0.15) is 5.82 Å². The molecule has 0 aliphatic carbocycles. The van der Waals surface area contributed by atoms with Crippen LogP contribution >= 0.6 is 0 Å². The molecular formula is C27H24N8O4S. The van der Waals surface area contributed by atoms with Crippen molar-refractivity contribution in [2.75, 3.05) is 18.5 Å². The topological polar surface area (TPSA) is 166 Å². The predicted molar refractivity (Wildman–Crippen MR) is 150 cm³/mol. The Hall–Kier alpha value is -5.06. The number of nitrogens with zero attached hydrogens (tertiary/aromatic N) is 5. The van der Waals surface area contributed by atoms with Gasteiger partial charge in [-0.2, -0.15) is 5.10 Å². The zero-order valence-electron chi connectivity index (χ0n) is 21.5. The summed E-state index contributed by atoms with van der Waals surface area (Å²) in [6.07, 6.45) is 2.56. The molecule has 0 radical (unpaired) electrons. The van der Waals surface area contributed by atoms with Crippen LogP contribution in [0.3, 0.4) is 0 Å². The van der Waals surface area contributed by atoms with E-state index in [1.54, 1.807) is 61.5 Å². The molecule has 5 rings (SSSR count). The van der Waals surface area contributed by atoms with Gasteiger partial charge in [0.2, 0.25) is 10.0 Å². The van der Waals surface area contributed by atoms with Crippen LogP contribution in [0.5, 0.6) is 0 Å². The highest BCUT2D eigenvalue weighted by atomic mass is 32.2. The first-order valence-corrected chi connectivity index (χ1v) is 14.0. The van der Waals surface area contributed by atoms with E-state index < -0.39 is 27.5 Å². The number of rotatable bonds is 6. The van der Waals surface area contributed by atoms with Gasteiger partial charge in [-0.15, -0.1) is 0 Å². The Morgan fingerprint density at radius 1 is 1.07 bits per heavy atom. The van der Waals surface area contributed by atoms with Crippen molar-refractivity contribution in [2.24, 2.45) is 0 Å². The Morgan fingerprint density at radius 3 is 2.60 bits per heavy atom. The van der Waals surface area contributed by atoms with E-state index in [-0.39, 0.29) is 29.3 Å². The number of carbonyl (C=O) groups excluding carboxylic acids is 1. The van der Waals surface area contributed by atoms with E-state index >= 15 is 0 Å². The number of nitrogens with two attached hydrogens (primary N) is 1. The fourth-order valence-corrected chi connectivity index (χ4v) is 4.56. The van der Waals surface area contributed by atoms with Gasteiger partial charge in [-0.25, -0.2) is 27.6 Å². The highest BCUT2D eigenvalue weighted by Gasteiger charge is 2.24. The molecule has 0 saturated heterocycles. The third-order valence-corrected chi connectivity index (χ3v) is 6.62. The van der Waals surface area contributed by atoms with Crippen LogP contribution in [0.2, 0.25) is 0 Å². The van der Waals surface area contributed by atoms with Crippen LogP contribution in [-0.2, 0) is 10.0 Å². The molecule has 0 aliphatic rings. The zero-order chi connectivity index (χ0) is 28.4. The van der Waals surface area contributed by atoms with Crippen molar-refractivity contribution in [2.45, 2.75) is 13.0 Å². The molecule has 4 N–H and O–H groups in total. The summed E-state index contributed by atoms with van der Waals surface area (Å²) in [5, 5.41) is 7.30. The van der Waals surface area contributed by atoms with E-state index in [4.69, 9.17) is 10.7 Å². The van der Waals surface area contributed by atoms with E-state index in [1.165, 1.54) is 15.3 Å². The molecule has 0 bridgehead atoms. The number of benzene rings is 2. The van der Waals surface area contributed by atoms with Gasteiger partial charge in [0.15, 0.2) is 17.2 Å². The van der Waals surface area contributed by atoms with Crippen LogP contribution in [-0.4, -0.2) is 51.3 Å². The summed E-state index contributed by atoms with van der Waals surface area (Å²) in [4.78, 5) is 36.3. The van der Waals surface area contributed by atoms with Gasteiger partial charge in [-0.05, 0) is 43.3 Å². The monoisotopic (exact) mass is 556 g/mol.